The smallest absolute Gasteiger partial charge is 0.248 e. The van der Waals surface area contributed by atoms with Crippen LogP contribution in [-0.4, -0.2) is 13.0 Å². The number of alkyl halides is 2. The Morgan fingerprint density at radius 1 is 1.05 bits per heavy atom. The average molecular weight is 289 g/mol. The van der Waals surface area contributed by atoms with Crippen LogP contribution in [0.2, 0.25) is 0 Å². The summed E-state index contributed by atoms with van der Waals surface area (Å²) in [7, 11) is 1.93. The molecule has 1 N–H and O–H groups in total. The van der Waals surface area contributed by atoms with Crippen LogP contribution in [0.15, 0.2) is 42.5 Å². The number of benzene rings is 2. The van der Waals surface area contributed by atoms with Crippen molar-refractivity contribution in [2.45, 2.75) is 37.6 Å². The van der Waals surface area contributed by atoms with Gasteiger partial charge in [-0.2, -0.15) is 0 Å². The van der Waals surface area contributed by atoms with Crippen LogP contribution in [0.3, 0.4) is 0 Å². The Morgan fingerprint density at radius 3 is 2.43 bits per heavy atom. The molecule has 0 saturated heterocycles. The molecule has 3 rings (SSSR count). The third kappa shape index (κ3) is 2.93. The zero-order chi connectivity index (χ0) is 14.9. The molecule has 1 nitrogen and oxygen atoms in total. The molecule has 3 heteroatoms. The summed E-state index contributed by atoms with van der Waals surface area (Å²) in [5.74, 6) is -2.19. The number of nitrogens with one attached hydrogen (secondary N) is 1. The Hall–Kier alpha value is -1.48. The molecule has 0 amide bonds. The van der Waals surface area contributed by atoms with E-state index < -0.39 is 5.92 Å². The van der Waals surface area contributed by atoms with Crippen LogP contribution in [0.1, 0.15) is 37.3 Å². The van der Waals surface area contributed by atoms with E-state index in [0.29, 0.717) is 12.8 Å². The highest BCUT2D eigenvalue weighted by Gasteiger charge is 2.37. The molecule has 1 aliphatic rings. The van der Waals surface area contributed by atoms with Crippen LogP contribution in [0.4, 0.5) is 8.78 Å². The lowest BCUT2D eigenvalue weighted by Gasteiger charge is -2.34. The lowest BCUT2D eigenvalue weighted by Crippen LogP contribution is -2.32. The first kappa shape index (κ1) is 14.5. The quantitative estimate of drug-likeness (QED) is 0.845. The summed E-state index contributed by atoms with van der Waals surface area (Å²) in [6.07, 6.45) is 1.20. The van der Waals surface area contributed by atoms with Gasteiger partial charge in [0.1, 0.15) is 0 Å². The summed E-state index contributed by atoms with van der Waals surface area (Å²) in [5, 5.41) is 5.79. The molecule has 1 saturated carbocycles. The molecule has 0 heterocycles. The van der Waals surface area contributed by atoms with Crippen molar-refractivity contribution < 1.29 is 8.78 Å². The first-order valence-corrected chi connectivity index (χ1v) is 7.63. The SMILES string of the molecule is CNC(c1cccc2ccccc12)C1CCC(F)(F)CC1. The van der Waals surface area contributed by atoms with Gasteiger partial charge in [0, 0.05) is 18.9 Å². The minimum atomic E-state index is -2.46. The van der Waals surface area contributed by atoms with E-state index in [-0.39, 0.29) is 24.8 Å². The van der Waals surface area contributed by atoms with E-state index in [1.165, 1.54) is 16.3 Å². The number of hydrogen-bond acceptors (Lipinski definition) is 1. The third-order valence-corrected chi connectivity index (χ3v) is 4.70. The first-order chi connectivity index (χ1) is 10.1. The van der Waals surface area contributed by atoms with Crippen molar-refractivity contribution in [2.24, 2.45) is 5.92 Å². The predicted octanol–water partition coefficient (Wildman–Crippen LogP) is 4.93. The van der Waals surface area contributed by atoms with Crippen LogP contribution in [0.25, 0.3) is 10.8 Å². The van der Waals surface area contributed by atoms with E-state index in [2.05, 4.69) is 35.6 Å². The fourth-order valence-corrected chi connectivity index (χ4v) is 3.56. The zero-order valence-corrected chi connectivity index (χ0v) is 12.3. The minimum Gasteiger partial charge on any atom is -0.313 e. The molecule has 1 unspecified atom stereocenters. The van der Waals surface area contributed by atoms with Gasteiger partial charge in [0.25, 0.3) is 0 Å². The van der Waals surface area contributed by atoms with E-state index in [1.54, 1.807) is 0 Å². The fraction of sp³-hybridized carbons (Fsp3) is 0.444. The Balaban J connectivity index is 1.92. The van der Waals surface area contributed by atoms with Gasteiger partial charge in [-0.15, -0.1) is 0 Å². The first-order valence-electron chi connectivity index (χ1n) is 7.63. The monoisotopic (exact) mass is 289 g/mol. The minimum absolute atomic E-state index is 0.0145. The van der Waals surface area contributed by atoms with Crippen LogP contribution in [0.5, 0.6) is 0 Å². The van der Waals surface area contributed by atoms with Crippen molar-refractivity contribution in [1.82, 2.24) is 5.32 Å². The van der Waals surface area contributed by atoms with Gasteiger partial charge in [-0.05, 0) is 42.1 Å². The third-order valence-electron chi connectivity index (χ3n) is 4.70. The lowest BCUT2D eigenvalue weighted by atomic mass is 9.79. The van der Waals surface area contributed by atoms with Crippen molar-refractivity contribution in [3.63, 3.8) is 0 Å². The molecular formula is C18H21F2N. The van der Waals surface area contributed by atoms with Gasteiger partial charge in [-0.3, -0.25) is 0 Å². The number of rotatable bonds is 3. The molecule has 2 aromatic rings. The van der Waals surface area contributed by atoms with Gasteiger partial charge in [0.2, 0.25) is 5.92 Å². The summed E-state index contributed by atoms with van der Waals surface area (Å²) >= 11 is 0. The standard InChI is InChI=1S/C18H21F2N/c1-21-17(14-9-11-18(19,20)12-10-14)16-8-4-6-13-5-2-3-7-15(13)16/h2-8,14,17,21H,9-12H2,1H3. The van der Waals surface area contributed by atoms with Gasteiger partial charge in [0.15, 0.2) is 0 Å². The topological polar surface area (TPSA) is 12.0 Å². The normalized spacial score (nSPS) is 20.5. The molecular weight excluding hydrogens is 268 g/mol. The summed E-state index contributed by atoms with van der Waals surface area (Å²) in [5.41, 5.74) is 1.23. The Bertz CT molecular complexity index is 608. The Morgan fingerprint density at radius 2 is 1.71 bits per heavy atom. The maximum Gasteiger partial charge on any atom is 0.248 e. The highest BCUT2D eigenvalue weighted by Crippen LogP contribution is 2.42. The Kier molecular flexibility index (Phi) is 3.94. The van der Waals surface area contributed by atoms with Crippen LogP contribution in [0, 0.1) is 5.92 Å². The molecule has 2 aromatic carbocycles. The van der Waals surface area contributed by atoms with E-state index in [1.807, 2.05) is 19.2 Å². The fourth-order valence-electron chi connectivity index (χ4n) is 3.56. The van der Waals surface area contributed by atoms with Gasteiger partial charge in [0.05, 0.1) is 0 Å². The largest absolute Gasteiger partial charge is 0.313 e. The summed E-state index contributed by atoms with van der Waals surface area (Å²) in [6, 6.07) is 14.7. The van der Waals surface area contributed by atoms with Crippen molar-refractivity contribution in [3.05, 3.63) is 48.0 Å². The van der Waals surface area contributed by atoms with Crippen molar-refractivity contribution >= 4 is 10.8 Å². The Labute approximate surface area is 124 Å². The summed E-state index contributed by atoms with van der Waals surface area (Å²) in [6.45, 7) is 0. The molecule has 0 aliphatic heterocycles. The molecule has 0 aromatic heterocycles. The maximum atomic E-state index is 13.4. The van der Waals surface area contributed by atoms with E-state index in [4.69, 9.17) is 0 Å². The lowest BCUT2D eigenvalue weighted by molar-refractivity contribution is -0.0494. The molecule has 0 radical (unpaired) electrons. The van der Waals surface area contributed by atoms with E-state index >= 15 is 0 Å². The summed E-state index contributed by atoms with van der Waals surface area (Å²) < 4.78 is 26.8. The highest BCUT2D eigenvalue weighted by atomic mass is 19.3. The molecule has 112 valence electrons. The van der Waals surface area contributed by atoms with E-state index in [0.717, 1.165) is 0 Å². The maximum absolute atomic E-state index is 13.4. The second-order valence-electron chi connectivity index (χ2n) is 6.03. The molecule has 0 spiro atoms. The number of halogens is 2. The highest BCUT2D eigenvalue weighted by molar-refractivity contribution is 5.86. The second kappa shape index (κ2) is 5.72. The molecule has 1 atom stereocenters. The number of fused-ring (bicyclic) bond motifs is 1. The van der Waals surface area contributed by atoms with Crippen LogP contribution in [-0.2, 0) is 0 Å². The van der Waals surface area contributed by atoms with Gasteiger partial charge in [-0.1, -0.05) is 42.5 Å². The van der Waals surface area contributed by atoms with Gasteiger partial charge in [-0.25, -0.2) is 8.78 Å². The summed E-state index contributed by atoms with van der Waals surface area (Å²) in [4.78, 5) is 0. The number of hydrogen-bond donors (Lipinski definition) is 1. The van der Waals surface area contributed by atoms with Gasteiger partial charge < -0.3 is 5.32 Å². The molecule has 1 fully saturated rings. The van der Waals surface area contributed by atoms with Crippen molar-refractivity contribution in [1.29, 1.82) is 0 Å². The molecule has 1 aliphatic carbocycles. The predicted molar refractivity (Wildman–Crippen MR) is 82.7 cm³/mol. The van der Waals surface area contributed by atoms with Crippen LogP contribution >= 0.6 is 0 Å². The van der Waals surface area contributed by atoms with E-state index in [9.17, 15) is 8.78 Å². The molecule has 21 heavy (non-hydrogen) atoms. The van der Waals surface area contributed by atoms with Gasteiger partial charge >= 0.3 is 0 Å². The second-order valence-corrected chi connectivity index (χ2v) is 6.03. The van der Waals surface area contributed by atoms with Crippen molar-refractivity contribution in [3.8, 4) is 0 Å². The zero-order valence-electron chi connectivity index (χ0n) is 12.3. The average Bonchev–Trinajstić information content (AvgIpc) is 2.50. The van der Waals surface area contributed by atoms with Crippen molar-refractivity contribution in [2.75, 3.05) is 7.05 Å². The van der Waals surface area contributed by atoms with Crippen LogP contribution < -0.4 is 5.32 Å². The molecule has 0 bridgehead atoms.